The summed E-state index contributed by atoms with van der Waals surface area (Å²) in [4.78, 5) is 26.2. The molecule has 0 radical (unpaired) electrons. The van der Waals surface area contributed by atoms with Gasteiger partial charge in [-0.05, 0) is 6.54 Å². The minimum Gasteiger partial charge on any atom is -0.309 e. The Balaban J connectivity index is 2.50. The number of ketones is 1. The molecule has 2 N–H and O–H groups in total. The van der Waals surface area contributed by atoms with Crippen molar-refractivity contribution in [2.75, 3.05) is 18.4 Å². The summed E-state index contributed by atoms with van der Waals surface area (Å²) in [6, 6.07) is 0. The molecule has 0 fully saturated rings. The van der Waals surface area contributed by atoms with Crippen molar-refractivity contribution in [1.29, 1.82) is 0 Å². The summed E-state index contributed by atoms with van der Waals surface area (Å²) in [5.74, 6) is -0.250. The van der Waals surface area contributed by atoms with Gasteiger partial charge in [-0.1, -0.05) is 6.92 Å². The zero-order valence-electron chi connectivity index (χ0n) is 8.66. The highest BCUT2D eigenvalue weighted by molar-refractivity contribution is 7.14. The number of carbonyl (C=O) groups is 2. The second-order valence-electron chi connectivity index (χ2n) is 2.92. The summed E-state index contributed by atoms with van der Waals surface area (Å²) in [6.07, 6.45) is 0. The fraction of sp³-hybridized carbons (Fsp3) is 0.444. The molecule has 1 aromatic rings. The Morgan fingerprint density at radius 2 is 2.27 bits per heavy atom. The molecular weight excluding hydrogens is 214 g/mol. The largest absolute Gasteiger partial charge is 0.309 e. The molecule has 1 aromatic heterocycles. The Hall–Kier alpha value is -1.27. The Kier molecular flexibility index (Phi) is 4.38. The van der Waals surface area contributed by atoms with Gasteiger partial charge >= 0.3 is 0 Å². The predicted molar refractivity (Wildman–Crippen MR) is 59.3 cm³/mol. The van der Waals surface area contributed by atoms with Gasteiger partial charge in [0.25, 0.3) is 0 Å². The Labute approximate surface area is 91.9 Å². The first kappa shape index (κ1) is 11.8. The van der Waals surface area contributed by atoms with Crippen LogP contribution in [0.4, 0.5) is 5.13 Å². The van der Waals surface area contributed by atoms with E-state index in [2.05, 4.69) is 15.6 Å². The topological polar surface area (TPSA) is 71.1 Å². The molecule has 1 rings (SSSR count). The van der Waals surface area contributed by atoms with Gasteiger partial charge in [0, 0.05) is 12.3 Å². The van der Waals surface area contributed by atoms with Gasteiger partial charge in [0.1, 0.15) is 5.69 Å². The summed E-state index contributed by atoms with van der Waals surface area (Å²) in [5, 5.41) is 7.59. The van der Waals surface area contributed by atoms with Crippen LogP contribution in [-0.4, -0.2) is 29.8 Å². The number of rotatable bonds is 5. The molecule has 1 amide bonds. The van der Waals surface area contributed by atoms with Crippen molar-refractivity contribution in [3.8, 4) is 0 Å². The second kappa shape index (κ2) is 5.57. The lowest BCUT2D eigenvalue weighted by Crippen LogP contribution is -2.27. The molecule has 0 atom stereocenters. The molecule has 0 aromatic carbocycles. The predicted octanol–water partition coefficient (Wildman–Crippen LogP) is 0.894. The quantitative estimate of drug-likeness (QED) is 0.733. The molecule has 0 aliphatic carbocycles. The number of likely N-dealkylation sites (N-methyl/N-ethyl adjacent to an activating group) is 1. The number of aromatic nitrogens is 1. The molecule has 1 heterocycles. The molecule has 5 nitrogen and oxygen atoms in total. The maximum atomic E-state index is 11.3. The van der Waals surface area contributed by atoms with Crippen LogP contribution in [0.2, 0.25) is 0 Å². The first-order chi connectivity index (χ1) is 7.13. The van der Waals surface area contributed by atoms with Crippen LogP contribution >= 0.6 is 11.3 Å². The number of hydrogen-bond donors (Lipinski definition) is 2. The van der Waals surface area contributed by atoms with Gasteiger partial charge in [-0.15, -0.1) is 11.3 Å². The van der Waals surface area contributed by atoms with E-state index in [1.165, 1.54) is 18.3 Å². The average Bonchev–Trinajstić information content (AvgIpc) is 2.63. The molecule has 0 saturated carbocycles. The monoisotopic (exact) mass is 227 g/mol. The average molecular weight is 227 g/mol. The maximum Gasteiger partial charge on any atom is 0.240 e. The standard InChI is InChI=1S/C9H13N3O2S/c1-3-10-4-8(14)12-9-11-7(5-15-9)6(2)13/h5,10H,3-4H2,1-2H3,(H,11,12,14). The fourth-order valence-corrected chi connectivity index (χ4v) is 1.66. The minimum atomic E-state index is -0.152. The van der Waals surface area contributed by atoms with Crippen LogP contribution in [0, 0.1) is 0 Å². The molecule has 6 heteroatoms. The van der Waals surface area contributed by atoms with Gasteiger partial charge in [-0.3, -0.25) is 9.59 Å². The van der Waals surface area contributed by atoms with Crippen LogP contribution in [0.1, 0.15) is 24.3 Å². The lowest BCUT2D eigenvalue weighted by atomic mass is 10.4. The highest BCUT2D eigenvalue weighted by atomic mass is 32.1. The highest BCUT2D eigenvalue weighted by Gasteiger charge is 2.08. The fourth-order valence-electron chi connectivity index (χ4n) is 0.895. The molecule has 0 saturated heterocycles. The van der Waals surface area contributed by atoms with E-state index in [9.17, 15) is 9.59 Å². The van der Waals surface area contributed by atoms with E-state index >= 15 is 0 Å². The smallest absolute Gasteiger partial charge is 0.240 e. The summed E-state index contributed by atoms with van der Waals surface area (Å²) in [5.41, 5.74) is 0.388. The summed E-state index contributed by atoms with van der Waals surface area (Å²) < 4.78 is 0. The zero-order chi connectivity index (χ0) is 11.3. The van der Waals surface area contributed by atoms with Gasteiger partial charge < -0.3 is 10.6 Å². The van der Waals surface area contributed by atoms with Crippen molar-refractivity contribution in [3.05, 3.63) is 11.1 Å². The van der Waals surface area contributed by atoms with Crippen LogP contribution in [-0.2, 0) is 4.79 Å². The number of nitrogens with zero attached hydrogens (tertiary/aromatic N) is 1. The van der Waals surface area contributed by atoms with Crippen molar-refractivity contribution < 1.29 is 9.59 Å². The third kappa shape index (κ3) is 3.77. The summed E-state index contributed by atoms with van der Waals surface area (Å²) in [7, 11) is 0. The SMILES string of the molecule is CCNCC(=O)Nc1nc(C(C)=O)cs1. The lowest BCUT2D eigenvalue weighted by molar-refractivity contribution is -0.115. The van der Waals surface area contributed by atoms with Crippen LogP contribution < -0.4 is 10.6 Å². The van der Waals surface area contributed by atoms with E-state index in [-0.39, 0.29) is 18.2 Å². The summed E-state index contributed by atoms with van der Waals surface area (Å²) in [6.45, 7) is 4.36. The van der Waals surface area contributed by atoms with Gasteiger partial charge in [0.05, 0.1) is 6.54 Å². The maximum absolute atomic E-state index is 11.3. The second-order valence-corrected chi connectivity index (χ2v) is 3.78. The Bertz CT molecular complexity index is 362. The first-order valence-electron chi connectivity index (χ1n) is 4.60. The van der Waals surface area contributed by atoms with Crippen LogP contribution in [0.5, 0.6) is 0 Å². The van der Waals surface area contributed by atoms with Crippen LogP contribution in [0.15, 0.2) is 5.38 Å². The van der Waals surface area contributed by atoms with Crippen molar-refractivity contribution in [3.63, 3.8) is 0 Å². The number of thiazole rings is 1. The van der Waals surface area contributed by atoms with E-state index in [4.69, 9.17) is 0 Å². The number of anilines is 1. The first-order valence-corrected chi connectivity index (χ1v) is 5.48. The van der Waals surface area contributed by atoms with E-state index < -0.39 is 0 Å². The van der Waals surface area contributed by atoms with Gasteiger partial charge in [0.2, 0.25) is 5.91 Å². The zero-order valence-corrected chi connectivity index (χ0v) is 9.48. The molecular formula is C9H13N3O2S. The van der Waals surface area contributed by atoms with E-state index in [1.807, 2.05) is 6.92 Å². The van der Waals surface area contributed by atoms with Crippen molar-refractivity contribution in [1.82, 2.24) is 10.3 Å². The lowest BCUT2D eigenvalue weighted by Gasteiger charge is -2.00. The number of hydrogen-bond acceptors (Lipinski definition) is 5. The molecule has 0 bridgehead atoms. The van der Waals surface area contributed by atoms with Crippen LogP contribution in [0.25, 0.3) is 0 Å². The Morgan fingerprint density at radius 3 is 2.80 bits per heavy atom. The normalized spacial score (nSPS) is 10.0. The molecule has 15 heavy (non-hydrogen) atoms. The highest BCUT2D eigenvalue weighted by Crippen LogP contribution is 2.15. The number of nitrogens with one attached hydrogen (secondary N) is 2. The molecule has 0 spiro atoms. The van der Waals surface area contributed by atoms with E-state index in [0.717, 1.165) is 6.54 Å². The van der Waals surface area contributed by atoms with Gasteiger partial charge in [-0.2, -0.15) is 0 Å². The molecule has 0 aliphatic heterocycles. The number of carbonyl (C=O) groups excluding carboxylic acids is 2. The summed E-state index contributed by atoms with van der Waals surface area (Å²) >= 11 is 1.25. The minimum absolute atomic E-state index is 0.0987. The Morgan fingerprint density at radius 1 is 1.53 bits per heavy atom. The van der Waals surface area contributed by atoms with Crippen LogP contribution in [0.3, 0.4) is 0 Å². The number of Topliss-reactive ketones (excluding diaryl/α,β-unsaturated/α-hetero) is 1. The molecule has 0 aliphatic rings. The van der Waals surface area contributed by atoms with Gasteiger partial charge in [-0.25, -0.2) is 4.98 Å². The van der Waals surface area contributed by atoms with Gasteiger partial charge in [0.15, 0.2) is 10.9 Å². The van der Waals surface area contributed by atoms with E-state index in [1.54, 1.807) is 5.38 Å². The van der Waals surface area contributed by atoms with Crippen molar-refractivity contribution >= 4 is 28.2 Å². The van der Waals surface area contributed by atoms with Crippen molar-refractivity contribution in [2.24, 2.45) is 0 Å². The molecule has 82 valence electrons. The molecule has 0 unspecified atom stereocenters. The van der Waals surface area contributed by atoms with E-state index in [0.29, 0.717) is 10.8 Å². The number of amides is 1. The third-order valence-electron chi connectivity index (χ3n) is 1.65. The third-order valence-corrected chi connectivity index (χ3v) is 2.40. The van der Waals surface area contributed by atoms with Crippen molar-refractivity contribution in [2.45, 2.75) is 13.8 Å².